The first-order valence-electron chi connectivity index (χ1n) is 6.36. The maximum Gasteiger partial charge on any atom is 0.233 e. The molecule has 2 amide bonds. The number of rotatable bonds is 9. The highest BCUT2D eigenvalue weighted by Crippen LogP contribution is 2.08. The van der Waals surface area contributed by atoms with Gasteiger partial charge in [-0.2, -0.15) is 0 Å². The molecule has 0 aliphatic carbocycles. The summed E-state index contributed by atoms with van der Waals surface area (Å²) in [4.78, 5) is 22.8. The molecule has 0 spiro atoms. The lowest BCUT2D eigenvalue weighted by Gasteiger charge is -2.12. The van der Waals surface area contributed by atoms with Crippen LogP contribution >= 0.6 is 31.9 Å². The Morgan fingerprint density at radius 2 is 1.22 bits per heavy atom. The van der Waals surface area contributed by atoms with Crippen LogP contribution in [0, 0.1) is 0 Å². The van der Waals surface area contributed by atoms with Crippen molar-refractivity contribution in [2.75, 3.05) is 13.1 Å². The Kier molecular flexibility index (Phi) is 10.7. The summed E-state index contributed by atoms with van der Waals surface area (Å²) in [5.74, 6) is -0.0369. The van der Waals surface area contributed by atoms with Gasteiger partial charge in [-0.3, -0.25) is 9.59 Å². The molecule has 0 heterocycles. The van der Waals surface area contributed by atoms with E-state index >= 15 is 0 Å². The van der Waals surface area contributed by atoms with Gasteiger partial charge in [0.05, 0.1) is 9.65 Å². The van der Waals surface area contributed by atoms with Crippen molar-refractivity contribution < 1.29 is 9.59 Å². The smallest absolute Gasteiger partial charge is 0.233 e. The van der Waals surface area contributed by atoms with E-state index in [9.17, 15) is 9.59 Å². The molecule has 0 radical (unpaired) electrons. The number of hydrogen-bond donors (Lipinski definition) is 2. The summed E-state index contributed by atoms with van der Waals surface area (Å²) < 4.78 is 0. The first-order chi connectivity index (χ1) is 8.52. The minimum Gasteiger partial charge on any atom is -0.353 e. The van der Waals surface area contributed by atoms with Crippen LogP contribution in [0.4, 0.5) is 0 Å². The number of halogens is 2. The van der Waals surface area contributed by atoms with Gasteiger partial charge in [0.1, 0.15) is 0 Å². The largest absolute Gasteiger partial charge is 0.353 e. The van der Waals surface area contributed by atoms with Crippen molar-refractivity contribution in [2.24, 2.45) is 0 Å². The SMILES string of the molecule is CCC[C@H](Br)C(=O)NCCNC(=O)[C@@H](Br)CCC. The molecule has 0 rings (SSSR count). The quantitative estimate of drug-likeness (QED) is 0.472. The number of hydrogen-bond acceptors (Lipinski definition) is 2. The summed E-state index contributed by atoms with van der Waals surface area (Å²) in [6, 6.07) is 0. The molecule has 0 aliphatic rings. The summed E-state index contributed by atoms with van der Waals surface area (Å²) in [6.07, 6.45) is 3.56. The zero-order chi connectivity index (χ0) is 14.0. The molecule has 18 heavy (non-hydrogen) atoms. The Bertz CT molecular complexity index is 236. The molecule has 106 valence electrons. The van der Waals surface area contributed by atoms with Gasteiger partial charge < -0.3 is 10.6 Å². The third-order valence-electron chi connectivity index (χ3n) is 2.38. The highest BCUT2D eigenvalue weighted by Gasteiger charge is 2.14. The van der Waals surface area contributed by atoms with Crippen molar-refractivity contribution in [1.82, 2.24) is 10.6 Å². The van der Waals surface area contributed by atoms with Gasteiger partial charge in [-0.25, -0.2) is 0 Å². The fourth-order valence-electron chi connectivity index (χ4n) is 1.36. The molecule has 2 atom stereocenters. The van der Waals surface area contributed by atoms with E-state index in [1.54, 1.807) is 0 Å². The number of alkyl halides is 2. The molecule has 2 N–H and O–H groups in total. The van der Waals surface area contributed by atoms with Crippen molar-refractivity contribution >= 4 is 43.7 Å². The topological polar surface area (TPSA) is 58.2 Å². The molecule has 0 aromatic rings. The second kappa shape index (κ2) is 10.8. The standard InChI is InChI=1S/C12H22Br2N2O2/c1-3-5-9(13)11(17)15-7-8-16-12(18)10(14)6-4-2/h9-10H,3-8H2,1-2H3,(H,15,17)(H,16,18)/t9-,10-/m0/s1. The lowest BCUT2D eigenvalue weighted by molar-refractivity contribution is -0.122. The zero-order valence-corrected chi connectivity index (χ0v) is 14.1. The average Bonchev–Trinajstić information content (AvgIpc) is 2.34. The Morgan fingerprint density at radius 1 is 0.889 bits per heavy atom. The minimum atomic E-state index is -0.137. The van der Waals surface area contributed by atoms with Crippen molar-refractivity contribution in [3.05, 3.63) is 0 Å². The van der Waals surface area contributed by atoms with Crippen LogP contribution in [0.3, 0.4) is 0 Å². The van der Waals surface area contributed by atoms with Gasteiger partial charge in [0.15, 0.2) is 0 Å². The fraction of sp³-hybridized carbons (Fsp3) is 0.833. The predicted molar refractivity (Wildman–Crippen MR) is 81.3 cm³/mol. The van der Waals surface area contributed by atoms with Gasteiger partial charge in [0, 0.05) is 13.1 Å². The normalized spacial score (nSPS) is 13.8. The lowest BCUT2D eigenvalue weighted by Crippen LogP contribution is -2.39. The fourth-order valence-corrected chi connectivity index (χ4v) is 2.60. The first kappa shape index (κ1) is 17.9. The van der Waals surface area contributed by atoms with Crippen molar-refractivity contribution in [3.63, 3.8) is 0 Å². The zero-order valence-electron chi connectivity index (χ0n) is 11.0. The van der Waals surface area contributed by atoms with Crippen LogP contribution in [-0.4, -0.2) is 34.6 Å². The Labute approximate surface area is 126 Å². The van der Waals surface area contributed by atoms with Crippen LogP contribution in [-0.2, 0) is 9.59 Å². The van der Waals surface area contributed by atoms with Crippen LogP contribution in [0.5, 0.6) is 0 Å². The summed E-state index contributed by atoms with van der Waals surface area (Å²) >= 11 is 6.64. The van der Waals surface area contributed by atoms with E-state index in [-0.39, 0.29) is 21.5 Å². The van der Waals surface area contributed by atoms with E-state index in [2.05, 4.69) is 42.5 Å². The van der Waals surface area contributed by atoms with E-state index in [0.717, 1.165) is 25.7 Å². The van der Waals surface area contributed by atoms with Gasteiger partial charge in [-0.1, -0.05) is 58.5 Å². The van der Waals surface area contributed by atoms with Crippen LogP contribution in [0.15, 0.2) is 0 Å². The van der Waals surface area contributed by atoms with Crippen LogP contribution in [0.25, 0.3) is 0 Å². The maximum atomic E-state index is 11.5. The van der Waals surface area contributed by atoms with Crippen LogP contribution in [0.1, 0.15) is 39.5 Å². The molecular formula is C12H22Br2N2O2. The van der Waals surface area contributed by atoms with Crippen molar-refractivity contribution in [1.29, 1.82) is 0 Å². The van der Waals surface area contributed by atoms with Gasteiger partial charge in [0.25, 0.3) is 0 Å². The monoisotopic (exact) mass is 384 g/mol. The molecule has 0 fully saturated rings. The molecule has 0 bridgehead atoms. The summed E-state index contributed by atoms with van der Waals surface area (Å²) in [6.45, 7) is 4.99. The van der Waals surface area contributed by atoms with Gasteiger partial charge in [-0.05, 0) is 12.8 Å². The Hall–Kier alpha value is -0.100. The molecule has 0 unspecified atom stereocenters. The summed E-state index contributed by atoms with van der Waals surface area (Å²) in [5, 5.41) is 5.56. The first-order valence-corrected chi connectivity index (χ1v) is 8.19. The second-order valence-corrected chi connectivity index (χ2v) is 6.31. The summed E-state index contributed by atoms with van der Waals surface area (Å²) in [7, 11) is 0. The van der Waals surface area contributed by atoms with E-state index in [4.69, 9.17) is 0 Å². The van der Waals surface area contributed by atoms with E-state index in [1.807, 2.05) is 13.8 Å². The number of amides is 2. The molecule has 0 aromatic carbocycles. The third-order valence-corrected chi connectivity index (χ3v) is 4.12. The number of carbonyl (C=O) groups is 2. The predicted octanol–water partition coefficient (Wildman–Crippen LogP) is 2.35. The molecule has 0 aromatic heterocycles. The molecule has 0 saturated carbocycles. The second-order valence-electron chi connectivity index (χ2n) is 4.09. The summed E-state index contributed by atoms with van der Waals surface area (Å²) in [5.41, 5.74) is 0. The Balaban J connectivity index is 3.67. The highest BCUT2D eigenvalue weighted by atomic mass is 79.9. The third kappa shape index (κ3) is 8.08. The molecule has 6 heteroatoms. The van der Waals surface area contributed by atoms with Crippen LogP contribution in [0.2, 0.25) is 0 Å². The molecule has 0 aliphatic heterocycles. The van der Waals surface area contributed by atoms with E-state index in [1.165, 1.54) is 0 Å². The van der Waals surface area contributed by atoms with E-state index < -0.39 is 0 Å². The average molecular weight is 386 g/mol. The molecular weight excluding hydrogens is 364 g/mol. The van der Waals surface area contributed by atoms with Gasteiger partial charge in [-0.15, -0.1) is 0 Å². The Morgan fingerprint density at radius 3 is 1.50 bits per heavy atom. The van der Waals surface area contributed by atoms with Gasteiger partial charge in [0.2, 0.25) is 11.8 Å². The molecule has 0 saturated heterocycles. The van der Waals surface area contributed by atoms with Crippen molar-refractivity contribution in [2.45, 2.75) is 49.2 Å². The maximum absolute atomic E-state index is 11.5. The number of nitrogens with one attached hydrogen (secondary N) is 2. The van der Waals surface area contributed by atoms with E-state index in [0.29, 0.717) is 13.1 Å². The molecule has 4 nitrogen and oxygen atoms in total. The minimum absolute atomic E-state index is 0.0185. The van der Waals surface area contributed by atoms with Crippen LogP contribution < -0.4 is 10.6 Å². The van der Waals surface area contributed by atoms with Crippen molar-refractivity contribution in [3.8, 4) is 0 Å². The lowest BCUT2D eigenvalue weighted by atomic mass is 10.2. The van der Waals surface area contributed by atoms with Gasteiger partial charge >= 0.3 is 0 Å². The number of carbonyl (C=O) groups excluding carboxylic acids is 2. The highest BCUT2D eigenvalue weighted by molar-refractivity contribution is 9.10.